The molecule has 7 nitrogen and oxygen atoms in total. The number of carbonyl (C=O) groups is 1. The van der Waals surface area contributed by atoms with Gasteiger partial charge in [0.25, 0.3) is 0 Å². The lowest BCUT2D eigenvalue weighted by atomic mass is 10.0. The lowest BCUT2D eigenvalue weighted by molar-refractivity contribution is 0.0520. The Kier molecular flexibility index (Phi) is 4.29. The first-order chi connectivity index (χ1) is 11.7. The highest BCUT2D eigenvalue weighted by atomic mass is 16.5. The average Bonchev–Trinajstić information content (AvgIpc) is 3.12. The third kappa shape index (κ3) is 2.85. The minimum Gasteiger partial charge on any atom is -0.461 e. The van der Waals surface area contributed by atoms with Crippen molar-refractivity contribution in [2.75, 3.05) is 6.61 Å². The molecule has 0 bridgehead atoms. The highest BCUT2D eigenvalue weighted by molar-refractivity contribution is 5.94. The molecule has 3 aromatic rings. The molecule has 118 valence electrons. The number of rotatable bonds is 4. The van der Waals surface area contributed by atoms with Crippen LogP contribution in [0.25, 0.3) is 22.4 Å². The van der Waals surface area contributed by atoms with E-state index in [1.54, 1.807) is 19.2 Å². The van der Waals surface area contributed by atoms with E-state index >= 15 is 0 Å². The molecule has 0 saturated heterocycles. The number of carbonyl (C=O) groups excluding carboxylic acids is 1. The zero-order valence-corrected chi connectivity index (χ0v) is 12.9. The zero-order chi connectivity index (χ0) is 16.9. The van der Waals surface area contributed by atoms with Crippen LogP contribution < -0.4 is 0 Å². The van der Waals surface area contributed by atoms with E-state index in [4.69, 9.17) is 10.00 Å². The molecule has 0 unspecified atom stereocenters. The predicted octanol–water partition coefficient (Wildman–Crippen LogP) is 2.58. The third-order valence-corrected chi connectivity index (χ3v) is 3.40. The molecule has 0 amide bonds. The number of aromatic nitrogens is 4. The number of nitriles is 1. The van der Waals surface area contributed by atoms with Crippen molar-refractivity contribution < 1.29 is 9.53 Å². The summed E-state index contributed by atoms with van der Waals surface area (Å²) in [6.45, 7) is 2.00. The summed E-state index contributed by atoms with van der Waals surface area (Å²) in [5, 5.41) is 19.5. The Morgan fingerprint density at radius 1 is 1.21 bits per heavy atom. The molecule has 0 aliphatic heterocycles. The van der Waals surface area contributed by atoms with Gasteiger partial charge < -0.3 is 4.74 Å². The smallest absolute Gasteiger partial charge is 0.361 e. The van der Waals surface area contributed by atoms with E-state index in [1.807, 2.05) is 30.3 Å². The standard InChI is InChI=1S/C17H13N5O2/c1-2-24-17(23)16-15(20-22-21-16)12-7-5-11(6-8-12)13-4-3-9-19-14(13)10-18/h3-9H,2H2,1H3,(H,20,21,22). The number of esters is 1. The van der Waals surface area contributed by atoms with Crippen LogP contribution in [0, 0.1) is 11.3 Å². The fourth-order valence-corrected chi connectivity index (χ4v) is 2.31. The van der Waals surface area contributed by atoms with Crippen LogP contribution in [0.4, 0.5) is 0 Å². The largest absolute Gasteiger partial charge is 0.461 e. The molecule has 0 aliphatic rings. The van der Waals surface area contributed by atoms with Crippen molar-refractivity contribution in [3.8, 4) is 28.5 Å². The fraction of sp³-hybridized carbons (Fsp3) is 0.118. The van der Waals surface area contributed by atoms with E-state index in [2.05, 4.69) is 26.5 Å². The first-order valence-electron chi connectivity index (χ1n) is 7.28. The van der Waals surface area contributed by atoms with Gasteiger partial charge in [-0.25, -0.2) is 9.78 Å². The molecule has 2 heterocycles. The van der Waals surface area contributed by atoms with Gasteiger partial charge >= 0.3 is 5.97 Å². The molecule has 0 aliphatic carbocycles. The van der Waals surface area contributed by atoms with Crippen LogP contribution in [0.2, 0.25) is 0 Å². The van der Waals surface area contributed by atoms with Crippen molar-refractivity contribution in [3.63, 3.8) is 0 Å². The number of ether oxygens (including phenoxy) is 1. The van der Waals surface area contributed by atoms with Crippen LogP contribution in [-0.2, 0) is 4.74 Å². The third-order valence-electron chi connectivity index (χ3n) is 3.40. The second-order valence-corrected chi connectivity index (χ2v) is 4.83. The van der Waals surface area contributed by atoms with Crippen molar-refractivity contribution in [1.82, 2.24) is 20.4 Å². The van der Waals surface area contributed by atoms with E-state index in [0.717, 1.165) is 16.7 Å². The molecule has 0 radical (unpaired) electrons. The first kappa shape index (κ1) is 15.4. The molecule has 0 saturated carbocycles. The summed E-state index contributed by atoms with van der Waals surface area (Å²) in [5.41, 5.74) is 3.24. The van der Waals surface area contributed by atoms with Gasteiger partial charge in [0.15, 0.2) is 5.69 Å². The number of benzene rings is 1. The molecule has 1 N–H and O–H groups in total. The van der Waals surface area contributed by atoms with E-state index in [-0.39, 0.29) is 12.3 Å². The molecule has 7 heteroatoms. The van der Waals surface area contributed by atoms with Gasteiger partial charge in [0, 0.05) is 17.3 Å². The van der Waals surface area contributed by atoms with Gasteiger partial charge in [-0.3, -0.25) is 0 Å². The van der Waals surface area contributed by atoms with Crippen molar-refractivity contribution >= 4 is 5.97 Å². The highest BCUT2D eigenvalue weighted by Gasteiger charge is 2.19. The van der Waals surface area contributed by atoms with Gasteiger partial charge in [0.05, 0.1) is 6.61 Å². The number of hydrogen-bond acceptors (Lipinski definition) is 6. The molecule has 24 heavy (non-hydrogen) atoms. The van der Waals surface area contributed by atoms with Gasteiger partial charge in [-0.1, -0.05) is 24.3 Å². The average molecular weight is 319 g/mol. The van der Waals surface area contributed by atoms with E-state index in [9.17, 15) is 4.79 Å². The lowest BCUT2D eigenvalue weighted by Gasteiger charge is -2.05. The van der Waals surface area contributed by atoms with Crippen molar-refractivity contribution in [1.29, 1.82) is 5.26 Å². The van der Waals surface area contributed by atoms with E-state index < -0.39 is 5.97 Å². The summed E-state index contributed by atoms with van der Waals surface area (Å²) < 4.78 is 4.97. The van der Waals surface area contributed by atoms with Crippen LogP contribution in [0.5, 0.6) is 0 Å². The van der Waals surface area contributed by atoms with Gasteiger partial charge in [-0.2, -0.15) is 15.6 Å². The maximum Gasteiger partial charge on any atom is 0.361 e. The number of H-pyrrole nitrogens is 1. The number of hydrogen-bond donors (Lipinski definition) is 1. The van der Waals surface area contributed by atoms with Crippen molar-refractivity contribution in [2.24, 2.45) is 0 Å². The molecule has 2 aromatic heterocycles. The minimum atomic E-state index is -0.524. The molecule has 0 fully saturated rings. The second kappa shape index (κ2) is 6.71. The fourth-order valence-electron chi connectivity index (χ4n) is 2.31. The molecule has 0 spiro atoms. The monoisotopic (exact) mass is 319 g/mol. The molecular formula is C17H13N5O2. The number of nitrogens with zero attached hydrogens (tertiary/aromatic N) is 4. The summed E-state index contributed by atoms with van der Waals surface area (Å²) in [6, 6.07) is 13.0. The number of nitrogens with one attached hydrogen (secondary N) is 1. The molecule has 1 aromatic carbocycles. The Balaban J connectivity index is 1.95. The van der Waals surface area contributed by atoms with Crippen LogP contribution >= 0.6 is 0 Å². The minimum absolute atomic E-state index is 0.142. The molecular weight excluding hydrogens is 306 g/mol. The van der Waals surface area contributed by atoms with Crippen molar-refractivity contribution in [3.05, 3.63) is 54.0 Å². The normalized spacial score (nSPS) is 10.2. The summed E-state index contributed by atoms with van der Waals surface area (Å²) in [6.07, 6.45) is 1.58. The predicted molar refractivity (Wildman–Crippen MR) is 85.7 cm³/mol. The van der Waals surface area contributed by atoms with Gasteiger partial charge in [-0.15, -0.1) is 5.10 Å². The van der Waals surface area contributed by atoms with Crippen LogP contribution in [0.1, 0.15) is 23.1 Å². The van der Waals surface area contributed by atoms with E-state index in [1.165, 1.54) is 0 Å². The van der Waals surface area contributed by atoms with Gasteiger partial charge in [-0.05, 0) is 24.6 Å². The highest BCUT2D eigenvalue weighted by Crippen LogP contribution is 2.26. The topological polar surface area (TPSA) is 105 Å². The lowest BCUT2D eigenvalue weighted by Crippen LogP contribution is -2.06. The zero-order valence-electron chi connectivity index (χ0n) is 12.9. The quantitative estimate of drug-likeness (QED) is 0.741. The second-order valence-electron chi connectivity index (χ2n) is 4.83. The van der Waals surface area contributed by atoms with Crippen LogP contribution in [0.3, 0.4) is 0 Å². The Morgan fingerprint density at radius 2 is 1.96 bits per heavy atom. The number of aromatic amines is 1. The SMILES string of the molecule is CCOC(=O)c1n[nH]nc1-c1ccc(-c2cccnc2C#N)cc1. The molecule has 0 atom stereocenters. The molecule has 3 rings (SSSR count). The number of pyridine rings is 1. The Hall–Kier alpha value is -3.53. The Morgan fingerprint density at radius 3 is 2.67 bits per heavy atom. The van der Waals surface area contributed by atoms with E-state index in [0.29, 0.717) is 11.4 Å². The van der Waals surface area contributed by atoms with Gasteiger partial charge in [0.2, 0.25) is 0 Å². The van der Waals surface area contributed by atoms with Crippen molar-refractivity contribution in [2.45, 2.75) is 6.92 Å². The maximum atomic E-state index is 11.9. The summed E-state index contributed by atoms with van der Waals surface area (Å²) in [5.74, 6) is -0.524. The van der Waals surface area contributed by atoms with Crippen LogP contribution in [-0.4, -0.2) is 33.0 Å². The summed E-state index contributed by atoms with van der Waals surface area (Å²) >= 11 is 0. The van der Waals surface area contributed by atoms with Gasteiger partial charge in [0.1, 0.15) is 17.5 Å². The maximum absolute atomic E-state index is 11.9. The van der Waals surface area contributed by atoms with Crippen LogP contribution in [0.15, 0.2) is 42.6 Å². The Bertz CT molecular complexity index is 909. The Labute approximate surface area is 137 Å². The summed E-state index contributed by atoms with van der Waals surface area (Å²) in [4.78, 5) is 15.9. The first-order valence-corrected chi connectivity index (χ1v) is 7.28. The summed E-state index contributed by atoms with van der Waals surface area (Å²) in [7, 11) is 0.